The van der Waals surface area contributed by atoms with Crippen LogP contribution in [-0.2, 0) is 19.0 Å². The molecule has 0 N–H and O–H groups in total. The van der Waals surface area contributed by atoms with Crippen LogP contribution in [0.25, 0.3) is 0 Å². The summed E-state index contributed by atoms with van der Waals surface area (Å²) >= 11 is 0. The van der Waals surface area contributed by atoms with E-state index in [4.69, 9.17) is 0 Å². The maximum atomic E-state index is 13.0. The van der Waals surface area contributed by atoms with Gasteiger partial charge in [-0.25, -0.2) is 9.48 Å². The van der Waals surface area contributed by atoms with Gasteiger partial charge in [0, 0.05) is 38.2 Å². The number of nitrogens with zero attached hydrogens (tertiary/aromatic N) is 4. The number of hydrogen-bond donors (Lipinski definition) is 0. The molecule has 0 bridgehead atoms. The van der Waals surface area contributed by atoms with Crippen molar-refractivity contribution in [3.63, 3.8) is 0 Å². The van der Waals surface area contributed by atoms with Crippen LogP contribution in [-0.4, -0.2) is 38.2 Å². The molecule has 0 saturated carbocycles. The van der Waals surface area contributed by atoms with Crippen LogP contribution in [0.1, 0.15) is 68.2 Å². The number of aromatic nitrogens is 3. The summed E-state index contributed by atoms with van der Waals surface area (Å²) in [6, 6.07) is 7.94. The van der Waals surface area contributed by atoms with E-state index >= 15 is 0 Å². The van der Waals surface area contributed by atoms with Crippen LogP contribution in [0.5, 0.6) is 0 Å². The number of aryl methyl sites for hydroxylation is 1. The fourth-order valence-corrected chi connectivity index (χ4v) is 3.79. The minimum atomic E-state index is -0.0891. The summed E-state index contributed by atoms with van der Waals surface area (Å²) in [6.07, 6.45) is 1.87. The van der Waals surface area contributed by atoms with E-state index in [2.05, 4.69) is 25.9 Å². The molecule has 1 fully saturated rings. The quantitative estimate of drug-likeness (QED) is 0.835. The number of piperidine rings is 1. The van der Waals surface area contributed by atoms with Gasteiger partial charge in [0.2, 0.25) is 0 Å². The van der Waals surface area contributed by atoms with Crippen LogP contribution in [0.3, 0.4) is 0 Å². The third kappa shape index (κ3) is 3.84. The summed E-state index contributed by atoms with van der Waals surface area (Å²) < 4.78 is 3.11. The zero-order valence-electron chi connectivity index (χ0n) is 17.0. The van der Waals surface area contributed by atoms with Gasteiger partial charge in [0.15, 0.2) is 0 Å². The van der Waals surface area contributed by atoms with E-state index in [0.29, 0.717) is 13.1 Å². The second-order valence-corrected chi connectivity index (χ2v) is 8.43. The molecule has 1 saturated heterocycles. The van der Waals surface area contributed by atoms with Crippen LogP contribution in [0.15, 0.2) is 29.1 Å². The number of rotatable bonds is 3. The van der Waals surface area contributed by atoms with E-state index in [1.807, 2.05) is 36.1 Å². The van der Waals surface area contributed by atoms with Crippen molar-refractivity contribution in [2.45, 2.75) is 58.4 Å². The van der Waals surface area contributed by atoms with E-state index in [1.165, 1.54) is 10.2 Å². The molecule has 3 rings (SSSR count). The molecule has 27 heavy (non-hydrogen) atoms. The highest BCUT2D eigenvalue weighted by Gasteiger charge is 2.29. The lowest BCUT2D eigenvalue weighted by Gasteiger charge is -2.32. The molecule has 0 unspecified atom stereocenters. The summed E-state index contributed by atoms with van der Waals surface area (Å²) in [4.78, 5) is 27.1. The zero-order chi connectivity index (χ0) is 19.8. The monoisotopic (exact) mass is 370 g/mol. The molecule has 0 radical (unpaired) electrons. The van der Waals surface area contributed by atoms with Gasteiger partial charge < -0.3 is 4.90 Å². The molecule has 1 atom stereocenters. The van der Waals surface area contributed by atoms with Crippen LogP contribution in [0.4, 0.5) is 0 Å². The van der Waals surface area contributed by atoms with E-state index in [0.717, 1.165) is 30.8 Å². The predicted octanol–water partition coefficient (Wildman–Crippen LogP) is 2.92. The maximum absolute atomic E-state index is 13.0. The Morgan fingerprint density at radius 1 is 1.22 bits per heavy atom. The lowest BCUT2D eigenvalue weighted by molar-refractivity contribution is 0.0703. The lowest BCUT2D eigenvalue weighted by atomic mass is 9.86. The molecule has 1 amide bonds. The topological polar surface area (TPSA) is 60.1 Å². The highest BCUT2D eigenvalue weighted by Crippen LogP contribution is 2.27. The summed E-state index contributed by atoms with van der Waals surface area (Å²) in [5.41, 5.74) is 1.92. The molecule has 146 valence electrons. The Balaban J connectivity index is 1.79. The fourth-order valence-electron chi connectivity index (χ4n) is 3.79. The minimum absolute atomic E-state index is 0.0569. The molecule has 1 aromatic heterocycles. The summed E-state index contributed by atoms with van der Waals surface area (Å²) in [5, 5.41) is 4.44. The fraction of sp³-hybridized carbons (Fsp3) is 0.571. The first-order valence-corrected chi connectivity index (χ1v) is 9.76. The molecule has 0 spiro atoms. The molecule has 2 aromatic rings. The highest BCUT2D eigenvalue weighted by atomic mass is 16.2. The average molecular weight is 370 g/mol. The number of likely N-dealkylation sites (tertiary alicyclic amines) is 1. The van der Waals surface area contributed by atoms with Crippen LogP contribution in [0, 0.1) is 0 Å². The SMILES string of the molecule is CCn1c([C@H]2CCCN(C(=O)c3ccc(C(C)(C)C)cc3)C2)nn(C)c1=O. The number of carbonyl (C=O) groups is 1. The molecule has 1 aliphatic heterocycles. The van der Waals surface area contributed by atoms with Crippen LogP contribution in [0.2, 0.25) is 0 Å². The average Bonchev–Trinajstić information content (AvgIpc) is 2.95. The van der Waals surface area contributed by atoms with Crippen molar-refractivity contribution < 1.29 is 4.79 Å². The first kappa shape index (κ1) is 19.4. The minimum Gasteiger partial charge on any atom is -0.338 e. The van der Waals surface area contributed by atoms with Gasteiger partial charge in [-0.15, -0.1) is 0 Å². The van der Waals surface area contributed by atoms with Gasteiger partial charge >= 0.3 is 5.69 Å². The Kier molecular flexibility index (Phi) is 5.27. The van der Waals surface area contributed by atoms with E-state index < -0.39 is 0 Å². The zero-order valence-corrected chi connectivity index (χ0v) is 17.0. The third-order valence-electron chi connectivity index (χ3n) is 5.42. The van der Waals surface area contributed by atoms with Crippen molar-refractivity contribution in [2.24, 2.45) is 7.05 Å². The van der Waals surface area contributed by atoms with E-state index in [9.17, 15) is 9.59 Å². The highest BCUT2D eigenvalue weighted by molar-refractivity contribution is 5.94. The molecule has 2 heterocycles. The molecule has 0 aliphatic carbocycles. The lowest BCUT2D eigenvalue weighted by Crippen LogP contribution is -2.40. The van der Waals surface area contributed by atoms with Gasteiger partial charge in [0.05, 0.1) is 0 Å². The molecule has 1 aromatic carbocycles. The van der Waals surface area contributed by atoms with Crippen molar-refractivity contribution in [3.05, 3.63) is 51.7 Å². The maximum Gasteiger partial charge on any atom is 0.345 e. The van der Waals surface area contributed by atoms with Gasteiger partial charge in [0.25, 0.3) is 5.91 Å². The van der Waals surface area contributed by atoms with Gasteiger partial charge in [0.1, 0.15) is 5.82 Å². The van der Waals surface area contributed by atoms with Crippen molar-refractivity contribution in [1.82, 2.24) is 19.2 Å². The first-order chi connectivity index (χ1) is 12.7. The second kappa shape index (κ2) is 7.33. The van der Waals surface area contributed by atoms with Gasteiger partial charge in [-0.05, 0) is 42.9 Å². The molecule has 6 nitrogen and oxygen atoms in total. The largest absolute Gasteiger partial charge is 0.345 e. The second-order valence-electron chi connectivity index (χ2n) is 8.43. The van der Waals surface area contributed by atoms with Crippen molar-refractivity contribution in [1.29, 1.82) is 0 Å². The first-order valence-electron chi connectivity index (χ1n) is 9.76. The van der Waals surface area contributed by atoms with Gasteiger partial charge in [-0.2, -0.15) is 5.10 Å². The number of carbonyl (C=O) groups excluding carboxylic acids is 1. The molecule has 6 heteroatoms. The Labute approximate surface area is 160 Å². The summed E-state index contributed by atoms with van der Waals surface area (Å²) in [7, 11) is 1.68. The number of amides is 1. The van der Waals surface area contributed by atoms with Crippen molar-refractivity contribution >= 4 is 5.91 Å². The molecular weight excluding hydrogens is 340 g/mol. The third-order valence-corrected chi connectivity index (χ3v) is 5.42. The summed E-state index contributed by atoms with van der Waals surface area (Å²) in [5.74, 6) is 0.956. The van der Waals surface area contributed by atoms with E-state index in [1.54, 1.807) is 11.6 Å². The number of hydrogen-bond acceptors (Lipinski definition) is 3. The smallest absolute Gasteiger partial charge is 0.338 e. The Morgan fingerprint density at radius 2 is 1.89 bits per heavy atom. The van der Waals surface area contributed by atoms with Gasteiger partial charge in [-0.1, -0.05) is 32.9 Å². The van der Waals surface area contributed by atoms with Gasteiger partial charge in [-0.3, -0.25) is 9.36 Å². The van der Waals surface area contributed by atoms with Crippen LogP contribution >= 0.6 is 0 Å². The normalized spacial score (nSPS) is 18.0. The Morgan fingerprint density at radius 3 is 2.48 bits per heavy atom. The standard InChI is InChI=1S/C21H30N4O2/c1-6-25-18(22-23(5)20(25)27)16-8-7-13-24(14-16)19(26)15-9-11-17(12-10-15)21(2,3)4/h9-12,16H,6-8,13-14H2,1-5H3/t16-/m0/s1. The molecular formula is C21H30N4O2. The van der Waals surface area contributed by atoms with Crippen molar-refractivity contribution in [3.8, 4) is 0 Å². The Bertz CT molecular complexity index is 871. The van der Waals surface area contributed by atoms with Crippen LogP contribution < -0.4 is 5.69 Å². The number of benzene rings is 1. The predicted molar refractivity (Wildman–Crippen MR) is 106 cm³/mol. The summed E-state index contributed by atoms with van der Waals surface area (Å²) in [6.45, 7) is 10.4. The molecule has 1 aliphatic rings. The van der Waals surface area contributed by atoms with E-state index in [-0.39, 0.29) is 22.9 Å². The Hall–Kier alpha value is -2.37. The van der Waals surface area contributed by atoms with Crippen molar-refractivity contribution in [2.75, 3.05) is 13.1 Å².